The summed E-state index contributed by atoms with van der Waals surface area (Å²) in [5.74, 6) is 0. The molecule has 0 fully saturated rings. The Bertz CT molecular complexity index is 513. The van der Waals surface area contributed by atoms with E-state index >= 15 is 0 Å². The van der Waals surface area contributed by atoms with Gasteiger partial charge in [0, 0.05) is 19.2 Å². The third kappa shape index (κ3) is 5.43. The van der Waals surface area contributed by atoms with Crippen LogP contribution < -0.4 is 10.9 Å². The number of nitriles is 1. The summed E-state index contributed by atoms with van der Waals surface area (Å²) in [7, 11) is 0. The number of nitrogens with one attached hydrogen (secondary N) is 1. The van der Waals surface area contributed by atoms with E-state index in [2.05, 4.69) is 23.4 Å². The summed E-state index contributed by atoms with van der Waals surface area (Å²) in [5.41, 5.74) is 0.413. The molecule has 5 heteroatoms. The van der Waals surface area contributed by atoms with Gasteiger partial charge in [0.15, 0.2) is 0 Å². The van der Waals surface area contributed by atoms with E-state index in [4.69, 9.17) is 5.26 Å². The number of aromatic nitrogens is 2. The monoisotopic (exact) mass is 276 g/mol. The number of nitrogens with zero attached hydrogens (tertiary/aromatic N) is 3. The van der Waals surface area contributed by atoms with E-state index in [0.29, 0.717) is 6.54 Å². The molecule has 0 bridgehead atoms. The van der Waals surface area contributed by atoms with Crippen LogP contribution in [0.2, 0.25) is 0 Å². The molecule has 0 spiro atoms. The fraction of sp³-hybridized carbons (Fsp3) is 0.667. The summed E-state index contributed by atoms with van der Waals surface area (Å²) in [6.45, 7) is 7.39. The Morgan fingerprint density at radius 2 is 2.20 bits per heavy atom. The lowest BCUT2D eigenvalue weighted by Crippen LogP contribution is -2.23. The zero-order chi connectivity index (χ0) is 15.0. The number of hydrogen-bond acceptors (Lipinski definition) is 4. The molecule has 0 amide bonds. The number of hydrogen-bond donors (Lipinski definition) is 1. The highest BCUT2D eigenvalue weighted by Gasteiger charge is 2.15. The quantitative estimate of drug-likeness (QED) is 0.741. The SMILES string of the molecule is CCCNc1cnn(CCCCC(C)(C)C#N)c(=O)c1. The Morgan fingerprint density at radius 1 is 1.45 bits per heavy atom. The number of rotatable bonds is 8. The molecule has 1 N–H and O–H groups in total. The number of anilines is 1. The average Bonchev–Trinajstić information content (AvgIpc) is 2.43. The van der Waals surface area contributed by atoms with Gasteiger partial charge in [0.25, 0.3) is 5.56 Å². The Hall–Kier alpha value is -1.83. The minimum absolute atomic E-state index is 0.0781. The van der Waals surface area contributed by atoms with Crippen molar-refractivity contribution in [1.82, 2.24) is 9.78 Å². The number of unbranched alkanes of at least 4 members (excludes halogenated alkanes) is 1. The van der Waals surface area contributed by atoms with Gasteiger partial charge in [-0.05, 0) is 33.1 Å². The number of aryl methyl sites for hydroxylation is 1. The lowest BCUT2D eigenvalue weighted by molar-refractivity contribution is 0.408. The summed E-state index contributed by atoms with van der Waals surface area (Å²) < 4.78 is 1.48. The van der Waals surface area contributed by atoms with Gasteiger partial charge in [0.2, 0.25) is 0 Å². The van der Waals surface area contributed by atoms with Crippen molar-refractivity contribution >= 4 is 5.69 Å². The van der Waals surface area contributed by atoms with Crippen LogP contribution in [-0.2, 0) is 6.54 Å². The molecule has 0 saturated heterocycles. The van der Waals surface area contributed by atoms with E-state index in [1.165, 1.54) is 4.68 Å². The molecule has 0 unspecified atom stereocenters. The van der Waals surface area contributed by atoms with Crippen molar-refractivity contribution in [3.05, 3.63) is 22.6 Å². The normalized spacial score (nSPS) is 11.1. The van der Waals surface area contributed by atoms with Crippen LogP contribution in [-0.4, -0.2) is 16.3 Å². The van der Waals surface area contributed by atoms with E-state index < -0.39 is 0 Å². The zero-order valence-electron chi connectivity index (χ0n) is 12.6. The van der Waals surface area contributed by atoms with Gasteiger partial charge in [-0.15, -0.1) is 0 Å². The molecule has 5 nitrogen and oxygen atoms in total. The maximum Gasteiger partial charge on any atom is 0.268 e. The van der Waals surface area contributed by atoms with Crippen LogP contribution >= 0.6 is 0 Å². The maximum absolute atomic E-state index is 11.9. The molecule has 20 heavy (non-hydrogen) atoms. The molecular formula is C15H24N4O. The van der Waals surface area contributed by atoms with Crippen LogP contribution in [0.25, 0.3) is 0 Å². The molecule has 0 aromatic carbocycles. The Morgan fingerprint density at radius 3 is 2.80 bits per heavy atom. The summed E-state index contributed by atoms with van der Waals surface area (Å²) in [5, 5.41) is 16.2. The van der Waals surface area contributed by atoms with Crippen molar-refractivity contribution in [3.8, 4) is 6.07 Å². The highest BCUT2D eigenvalue weighted by atomic mass is 16.1. The van der Waals surface area contributed by atoms with Gasteiger partial charge < -0.3 is 5.32 Å². The molecule has 1 aromatic rings. The first-order chi connectivity index (χ1) is 9.48. The minimum atomic E-state index is -0.285. The van der Waals surface area contributed by atoms with Crippen LogP contribution in [0, 0.1) is 16.7 Å². The molecule has 110 valence electrons. The van der Waals surface area contributed by atoms with Gasteiger partial charge in [0.1, 0.15) is 0 Å². The Balaban J connectivity index is 2.45. The standard InChI is InChI=1S/C15H24N4O/c1-4-8-17-13-10-14(20)19(18-11-13)9-6-5-7-15(2,3)12-16/h10-11,17H,4-9H2,1-3H3. The fourth-order valence-electron chi connectivity index (χ4n) is 1.85. The van der Waals surface area contributed by atoms with Crippen LogP contribution in [0.5, 0.6) is 0 Å². The molecule has 1 rings (SSSR count). The first kappa shape index (κ1) is 16.2. The summed E-state index contributed by atoms with van der Waals surface area (Å²) in [6, 6.07) is 3.87. The Labute approximate surface area is 120 Å². The maximum atomic E-state index is 11.9. The van der Waals surface area contributed by atoms with Crippen LogP contribution in [0.15, 0.2) is 17.1 Å². The van der Waals surface area contributed by atoms with Crippen molar-refractivity contribution in [2.24, 2.45) is 5.41 Å². The van der Waals surface area contributed by atoms with Crippen LogP contribution in [0.1, 0.15) is 46.5 Å². The summed E-state index contributed by atoms with van der Waals surface area (Å²) in [4.78, 5) is 11.9. The summed E-state index contributed by atoms with van der Waals surface area (Å²) >= 11 is 0. The lowest BCUT2D eigenvalue weighted by atomic mass is 9.89. The van der Waals surface area contributed by atoms with Gasteiger partial charge in [-0.25, -0.2) is 4.68 Å². The molecule has 0 atom stereocenters. The first-order valence-corrected chi connectivity index (χ1v) is 7.21. The second-order valence-corrected chi connectivity index (χ2v) is 5.69. The van der Waals surface area contributed by atoms with E-state index in [0.717, 1.165) is 37.9 Å². The minimum Gasteiger partial charge on any atom is -0.384 e. The molecule has 1 heterocycles. The molecule has 1 aromatic heterocycles. The summed E-state index contributed by atoms with van der Waals surface area (Å²) in [6.07, 6.45) is 5.33. The second kappa shape index (κ2) is 7.68. The third-order valence-corrected chi connectivity index (χ3v) is 3.17. The average molecular weight is 276 g/mol. The molecule has 0 saturated carbocycles. The van der Waals surface area contributed by atoms with Crippen molar-refractivity contribution < 1.29 is 0 Å². The van der Waals surface area contributed by atoms with Gasteiger partial charge >= 0.3 is 0 Å². The topological polar surface area (TPSA) is 70.7 Å². The van der Waals surface area contributed by atoms with Crippen molar-refractivity contribution in [1.29, 1.82) is 5.26 Å². The molecular weight excluding hydrogens is 252 g/mol. The van der Waals surface area contributed by atoms with E-state index in [1.807, 2.05) is 13.8 Å². The predicted molar refractivity (Wildman–Crippen MR) is 80.5 cm³/mol. The smallest absolute Gasteiger partial charge is 0.268 e. The molecule has 0 aliphatic heterocycles. The third-order valence-electron chi connectivity index (χ3n) is 3.17. The highest BCUT2D eigenvalue weighted by Crippen LogP contribution is 2.21. The van der Waals surface area contributed by atoms with Gasteiger partial charge in [-0.2, -0.15) is 10.4 Å². The second-order valence-electron chi connectivity index (χ2n) is 5.69. The largest absolute Gasteiger partial charge is 0.384 e. The zero-order valence-corrected chi connectivity index (χ0v) is 12.6. The van der Waals surface area contributed by atoms with E-state index in [1.54, 1.807) is 12.3 Å². The van der Waals surface area contributed by atoms with Crippen molar-refractivity contribution in [2.75, 3.05) is 11.9 Å². The predicted octanol–water partition coefficient (Wildman–Crippen LogP) is 2.79. The van der Waals surface area contributed by atoms with Gasteiger partial charge in [0.05, 0.1) is 23.4 Å². The highest BCUT2D eigenvalue weighted by molar-refractivity contribution is 5.38. The van der Waals surface area contributed by atoms with E-state index in [9.17, 15) is 4.79 Å². The molecule has 0 aliphatic rings. The van der Waals surface area contributed by atoms with Crippen molar-refractivity contribution in [2.45, 2.75) is 53.0 Å². The fourth-order valence-corrected chi connectivity index (χ4v) is 1.85. The van der Waals surface area contributed by atoms with Gasteiger partial charge in [-0.1, -0.05) is 13.3 Å². The lowest BCUT2D eigenvalue weighted by Gasteiger charge is -2.14. The van der Waals surface area contributed by atoms with E-state index in [-0.39, 0.29) is 11.0 Å². The van der Waals surface area contributed by atoms with Crippen LogP contribution in [0.3, 0.4) is 0 Å². The molecule has 0 radical (unpaired) electrons. The Kier molecular flexibility index (Phi) is 6.23. The van der Waals surface area contributed by atoms with Crippen LogP contribution in [0.4, 0.5) is 5.69 Å². The first-order valence-electron chi connectivity index (χ1n) is 7.21. The van der Waals surface area contributed by atoms with Gasteiger partial charge in [-0.3, -0.25) is 4.79 Å². The molecule has 0 aliphatic carbocycles. The van der Waals surface area contributed by atoms with Crippen molar-refractivity contribution in [3.63, 3.8) is 0 Å².